The van der Waals surface area contributed by atoms with Crippen molar-refractivity contribution in [2.75, 3.05) is 19.0 Å². The molecule has 0 saturated heterocycles. The first-order valence-electron chi connectivity index (χ1n) is 9.41. The van der Waals surface area contributed by atoms with Gasteiger partial charge >= 0.3 is 0 Å². The first-order chi connectivity index (χ1) is 14.5. The summed E-state index contributed by atoms with van der Waals surface area (Å²) in [5.74, 6) is 0.617. The molecule has 0 aromatic heterocycles. The smallest absolute Gasteiger partial charge is 0.277 e. The molecule has 0 spiro atoms. The molecule has 2 N–H and O–H groups in total. The molecule has 0 saturated carbocycles. The highest BCUT2D eigenvalue weighted by Crippen LogP contribution is 2.23. The lowest BCUT2D eigenvalue weighted by Gasteiger charge is -2.09. The zero-order chi connectivity index (χ0) is 21.3. The number of hydrogen-bond acceptors (Lipinski definition) is 5. The van der Waals surface area contributed by atoms with Crippen molar-refractivity contribution in [3.63, 3.8) is 0 Å². The van der Waals surface area contributed by atoms with Crippen molar-refractivity contribution in [2.24, 2.45) is 5.10 Å². The Bertz CT molecular complexity index is 1060. The number of ether oxygens (including phenoxy) is 2. The first kappa shape index (κ1) is 20.9. The van der Waals surface area contributed by atoms with E-state index in [1.165, 1.54) is 0 Å². The lowest BCUT2D eigenvalue weighted by Crippen LogP contribution is -2.26. The maximum absolute atomic E-state index is 12.3. The number of carbonyl (C=O) groups is 2. The summed E-state index contributed by atoms with van der Waals surface area (Å²) in [6.07, 6.45) is 0.0584. The number of hydrazone groups is 1. The fourth-order valence-electron chi connectivity index (χ4n) is 2.81. The molecule has 0 radical (unpaired) electrons. The van der Waals surface area contributed by atoms with Gasteiger partial charge in [-0.25, -0.2) is 5.43 Å². The second kappa shape index (κ2) is 10.1. The van der Waals surface area contributed by atoms with E-state index in [9.17, 15) is 9.59 Å². The van der Waals surface area contributed by atoms with Crippen molar-refractivity contribution in [2.45, 2.75) is 13.3 Å². The summed E-state index contributed by atoms with van der Waals surface area (Å²) >= 11 is 0. The molecule has 0 unspecified atom stereocenters. The van der Waals surface area contributed by atoms with Gasteiger partial charge in [0.05, 0.1) is 13.5 Å². The number of rotatable bonds is 8. The van der Waals surface area contributed by atoms with Crippen LogP contribution in [0.4, 0.5) is 5.69 Å². The Morgan fingerprint density at radius 1 is 0.900 bits per heavy atom. The molecule has 30 heavy (non-hydrogen) atoms. The Kier molecular flexibility index (Phi) is 7.00. The van der Waals surface area contributed by atoms with Gasteiger partial charge in [0.1, 0.15) is 11.5 Å². The third-order valence-corrected chi connectivity index (χ3v) is 4.28. The van der Waals surface area contributed by atoms with Crippen molar-refractivity contribution in [3.8, 4) is 11.5 Å². The molecule has 0 aliphatic rings. The molecule has 154 valence electrons. The van der Waals surface area contributed by atoms with E-state index in [1.54, 1.807) is 38.3 Å². The summed E-state index contributed by atoms with van der Waals surface area (Å²) in [4.78, 5) is 24.2. The molecule has 0 heterocycles. The fourth-order valence-corrected chi connectivity index (χ4v) is 2.81. The van der Waals surface area contributed by atoms with E-state index >= 15 is 0 Å². The average molecular weight is 405 g/mol. The standard InChI is InChI=1S/C23H23N3O4/c1-16(25-26-23(28)15-30-19-12-10-18(29-2)11-13-19)14-22(27)24-21-9-5-7-17-6-3-4-8-20(17)21/h3-13H,14-15H2,1-2H3,(H,24,27)(H,26,28)/b25-16+. The van der Waals surface area contributed by atoms with Gasteiger partial charge in [0.15, 0.2) is 6.61 Å². The first-order valence-corrected chi connectivity index (χ1v) is 9.41. The van der Waals surface area contributed by atoms with Crippen molar-refractivity contribution in [3.05, 3.63) is 66.7 Å². The van der Waals surface area contributed by atoms with Crippen LogP contribution in [0, 0.1) is 0 Å². The minimum atomic E-state index is -0.417. The summed E-state index contributed by atoms with van der Waals surface area (Å²) in [7, 11) is 1.58. The number of methoxy groups -OCH3 is 1. The number of hydrogen-bond donors (Lipinski definition) is 2. The highest BCUT2D eigenvalue weighted by Gasteiger charge is 2.08. The van der Waals surface area contributed by atoms with Crippen LogP contribution in [0.2, 0.25) is 0 Å². The summed E-state index contributed by atoms with van der Waals surface area (Å²) < 4.78 is 10.4. The number of amides is 2. The minimum Gasteiger partial charge on any atom is -0.497 e. The van der Waals surface area contributed by atoms with Gasteiger partial charge in [-0.05, 0) is 42.6 Å². The van der Waals surface area contributed by atoms with Gasteiger partial charge in [-0.3, -0.25) is 9.59 Å². The van der Waals surface area contributed by atoms with Crippen LogP contribution in [0.1, 0.15) is 13.3 Å². The summed E-state index contributed by atoms with van der Waals surface area (Å²) in [6.45, 7) is 1.48. The minimum absolute atomic E-state index is 0.0584. The highest BCUT2D eigenvalue weighted by atomic mass is 16.5. The maximum atomic E-state index is 12.3. The second-order valence-electron chi connectivity index (χ2n) is 6.60. The average Bonchev–Trinajstić information content (AvgIpc) is 2.77. The number of nitrogens with zero attached hydrogens (tertiary/aromatic N) is 1. The van der Waals surface area contributed by atoms with E-state index in [2.05, 4.69) is 15.8 Å². The molecule has 0 atom stereocenters. The number of carbonyl (C=O) groups excluding carboxylic acids is 2. The molecule has 2 amide bonds. The van der Waals surface area contributed by atoms with Gasteiger partial charge in [-0.1, -0.05) is 36.4 Å². The SMILES string of the molecule is COc1ccc(OCC(=O)N/N=C(\C)CC(=O)Nc2cccc3ccccc23)cc1. The number of anilines is 1. The van der Waals surface area contributed by atoms with E-state index in [1.807, 2.05) is 42.5 Å². The third kappa shape index (κ3) is 5.81. The fraction of sp³-hybridized carbons (Fsp3) is 0.174. The van der Waals surface area contributed by atoms with Gasteiger partial charge in [0, 0.05) is 16.8 Å². The topological polar surface area (TPSA) is 89.0 Å². The van der Waals surface area contributed by atoms with Crippen molar-refractivity contribution >= 4 is 34.0 Å². The van der Waals surface area contributed by atoms with Crippen LogP contribution in [0.15, 0.2) is 71.8 Å². The molecule has 0 fully saturated rings. The zero-order valence-electron chi connectivity index (χ0n) is 16.8. The molecule has 3 rings (SSSR count). The normalized spacial score (nSPS) is 11.1. The van der Waals surface area contributed by atoms with E-state index in [0.29, 0.717) is 17.2 Å². The van der Waals surface area contributed by atoms with Crippen LogP contribution in [0.3, 0.4) is 0 Å². The van der Waals surface area contributed by atoms with E-state index in [-0.39, 0.29) is 18.9 Å². The van der Waals surface area contributed by atoms with Crippen LogP contribution in [0.25, 0.3) is 10.8 Å². The molecule has 7 nitrogen and oxygen atoms in total. The Morgan fingerprint density at radius 2 is 1.60 bits per heavy atom. The predicted octanol–water partition coefficient (Wildman–Crippen LogP) is 3.75. The van der Waals surface area contributed by atoms with Crippen molar-refractivity contribution in [1.29, 1.82) is 0 Å². The summed E-state index contributed by atoms with van der Waals surface area (Å²) in [5, 5.41) is 8.87. The second-order valence-corrected chi connectivity index (χ2v) is 6.60. The van der Waals surface area contributed by atoms with Crippen LogP contribution in [-0.4, -0.2) is 31.2 Å². The molecule has 0 aliphatic heterocycles. The molecular weight excluding hydrogens is 382 g/mol. The van der Waals surface area contributed by atoms with E-state index < -0.39 is 5.91 Å². The maximum Gasteiger partial charge on any atom is 0.277 e. The van der Waals surface area contributed by atoms with Gasteiger partial charge in [-0.15, -0.1) is 0 Å². The largest absolute Gasteiger partial charge is 0.497 e. The molecular formula is C23H23N3O4. The van der Waals surface area contributed by atoms with Gasteiger partial charge in [0.2, 0.25) is 5.91 Å². The van der Waals surface area contributed by atoms with Crippen LogP contribution in [0.5, 0.6) is 11.5 Å². The molecule has 3 aromatic rings. The number of benzene rings is 3. The predicted molar refractivity (Wildman–Crippen MR) is 117 cm³/mol. The van der Waals surface area contributed by atoms with E-state index in [4.69, 9.17) is 9.47 Å². The highest BCUT2D eigenvalue weighted by molar-refractivity contribution is 6.09. The monoisotopic (exact) mass is 405 g/mol. The Labute approximate surface area is 174 Å². The number of nitrogens with one attached hydrogen (secondary N) is 2. The Balaban J connectivity index is 1.47. The number of fused-ring (bicyclic) bond motifs is 1. The lowest BCUT2D eigenvalue weighted by atomic mass is 10.1. The van der Waals surface area contributed by atoms with Gasteiger partial charge in [-0.2, -0.15) is 5.10 Å². The quantitative estimate of drug-likeness (QED) is 0.441. The summed E-state index contributed by atoms with van der Waals surface area (Å²) in [5.41, 5.74) is 3.61. The Morgan fingerprint density at radius 3 is 2.37 bits per heavy atom. The van der Waals surface area contributed by atoms with Crippen LogP contribution >= 0.6 is 0 Å². The van der Waals surface area contributed by atoms with Gasteiger partial charge < -0.3 is 14.8 Å². The Hall–Kier alpha value is -3.87. The van der Waals surface area contributed by atoms with Crippen molar-refractivity contribution < 1.29 is 19.1 Å². The molecule has 0 bridgehead atoms. The lowest BCUT2D eigenvalue weighted by molar-refractivity contribution is -0.123. The van der Waals surface area contributed by atoms with Gasteiger partial charge in [0.25, 0.3) is 5.91 Å². The van der Waals surface area contributed by atoms with E-state index in [0.717, 1.165) is 16.5 Å². The van der Waals surface area contributed by atoms with Crippen LogP contribution < -0.4 is 20.2 Å². The summed E-state index contributed by atoms with van der Waals surface area (Å²) in [6, 6.07) is 20.4. The molecule has 7 heteroatoms. The third-order valence-electron chi connectivity index (χ3n) is 4.28. The molecule has 3 aromatic carbocycles. The molecule has 0 aliphatic carbocycles. The van der Waals surface area contributed by atoms with Crippen molar-refractivity contribution in [1.82, 2.24) is 5.43 Å². The van der Waals surface area contributed by atoms with Crippen LogP contribution in [-0.2, 0) is 9.59 Å². The zero-order valence-corrected chi connectivity index (χ0v) is 16.8.